The second-order valence-electron chi connectivity index (χ2n) is 6.18. The highest BCUT2D eigenvalue weighted by Gasteiger charge is 2.13. The first-order chi connectivity index (χ1) is 13.7. The van der Waals surface area contributed by atoms with Crippen molar-refractivity contribution in [3.05, 3.63) is 62.9 Å². The molecule has 10 heteroatoms. The Bertz CT molecular complexity index is 1330. The summed E-state index contributed by atoms with van der Waals surface area (Å²) in [6.07, 6.45) is 6.50. The summed E-state index contributed by atoms with van der Waals surface area (Å²) in [6.45, 7) is 0.160. The molecule has 29 heavy (non-hydrogen) atoms. The maximum absolute atomic E-state index is 12.4. The predicted octanol–water partition coefficient (Wildman–Crippen LogP) is 2.32. The zero-order valence-corrected chi connectivity index (χ0v) is 16.9. The van der Waals surface area contributed by atoms with E-state index < -0.39 is 20.7 Å². The van der Waals surface area contributed by atoms with Crippen molar-refractivity contribution in [2.45, 2.75) is 17.9 Å². The fourth-order valence-corrected chi connectivity index (χ4v) is 4.39. The van der Waals surface area contributed by atoms with Gasteiger partial charge in [-0.05, 0) is 23.8 Å². The first-order valence-electron chi connectivity index (χ1n) is 8.27. The maximum Gasteiger partial charge on any atom is 0.270 e. The SMILES string of the molecule is C#CCn1c(=NC(=O)Cc2ccc(S(C)(=O)=O)cc2)sc2cc([N+](=O)[O-])ccc21. The highest BCUT2D eigenvalue weighted by molar-refractivity contribution is 7.90. The van der Waals surface area contributed by atoms with Gasteiger partial charge in [0.05, 0.1) is 33.0 Å². The maximum atomic E-state index is 12.4. The Morgan fingerprint density at radius 1 is 1.28 bits per heavy atom. The second kappa shape index (κ2) is 7.98. The number of hydrogen-bond acceptors (Lipinski definition) is 6. The van der Waals surface area contributed by atoms with Gasteiger partial charge in [-0.2, -0.15) is 4.99 Å². The molecule has 1 amide bonds. The molecule has 0 spiro atoms. The summed E-state index contributed by atoms with van der Waals surface area (Å²) in [5, 5.41) is 11.0. The van der Waals surface area contributed by atoms with E-state index in [-0.39, 0.29) is 23.5 Å². The number of amides is 1. The number of aromatic nitrogens is 1. The van der Waals surface area contributed by atoms with Crippen LogP contribution >= 0.6 is 11.3 Å². The zero-order valence-electron chi connectivity index (χ0n) is 15.2. The van der Waals surface area contributed by atoms with Crippen LogP contribution in [0.4, 0.5) is 5.69 Å². The number of thiazole rings is 1. The summed E-state index contributed by atoms with van der Waals surface area (Å²) >= 11 is 1.14. The summed E-state index contributed by atoms with van der Waals surface area (Å²) in [5.41, 5.74) is 1.21. The van der Waals surface area contributed by atoms with E-state index in [4.69, 9.17) is 6.42 Å². The van der Waals surface area contributed by atoms with Crippen LogP contribution in [0.2, 0.25) is 0 Å². The van der Waals surface area contributed by atoms with Crippen LogP contribution in [0.3, 0.4) is 0 Å². The van der Waals surface area contributed by atoms with Crippen molar-refractivity contribution in [3.8, 4) is 12.3 Å². The minimum atomic E-state index is -3.31. The van der Waals surface area contributed by atoms with E-state index in [1.54, 1.807) is 22.8 Å². The number of carbonyl (C=O) groups is 1. The average Bonchev–Trinajstić information content (AvgIpc) is 2.98. The Kier molecular flexibility index (Phi) is 5.63. The number of nitro groups is 1. The van der Waals surface area contributed by atoms with Gasteiger partial charge in [0.2, 0.25) is 0 Å². The number of fused-ring (bicyclic) bond motifs is 1. The van der Waals surface area contributed by atoms with Gasteiger partial charge in [0.25, 0.3) is 11.6 Å². The van der Waals surface area contributed by atoms with E-state index in [1.165, 1.54) is 24.3 Å². The lowest BCUT2D eigenvalue weighted by molar-refractivity contribution is -0.384. The van der Waals surface area contributed by atoms with Crippen LogP contribution in [0.5, 0.6) is 0 Å². The number of carbonyl (C=O) groups excluding carboxylic acids is 1. The number of nitrogens with zero attached hydrogens (tertiary/aromatic N) is 3. The number of sulfone groups is 1. The van der Waals surface area contributed by atoms with Crippen LogP contribution in [-0.2, 0) is 27.6 Å². The van der Waals surface area contributed by atoms with E-state index in [9.17, 15) is 23.3 Å². The van der Waals surface area contributed by atoms with E-state index in [0.29, 0.717) is 20.6 Å². The van der Waals surface area contributed by atoms with E-state index in [2.05, 4.69) is 10.9 Å². The van der Waals surface area contributed by atoms with Crippen molar-refractivity contribution < 1.29 is 18.1 Å². The number of rotatable bonds is 5. The van der Waals surface area contributed by atoms with Crippen molar-refractivity contribution in [1.82, 2.24) is 4.57 Å². The average molecular weight is 429 g/mol. The topological polar surface area (TPSA) is 112 Å². The largest absolute Gasteiger partial charge is 0.305 e. The molecule has 0 unspecified atom stereocenters. The molecule has 0 aliphatic rings. The minimum absolute atomic E-state index is 0.0194. The van der Waals surface area contributed by atoms with Crippen LogP contribution < -0.4 is 4.80 Å². The third-order valence-electron chi connectivity index (χ3n) is 4.05. The van der Waals surface area contributed by atoms with Crippen LogP contribution in [0.25, 0.3) is 10.2 Å². The molecule has 148 valence electrons. The fourth-order valence-electron chi connectivity index (χ4n) is 2.68. The predicted molar refractivity (Wildman–Crippen MR) is 109 cm³/mol. The molecule has 0 bridgehead atoms. The van der Waals surface area contributed by atoms with Gasteiger partial charge < -0.3 is 4.57 Å². The lowest BCUT2D eigenvalue weighted by Gasteiger charge is -2.01. The summed E-state index contributed by atoms with van der Waals surface area (Å²) < 4.78 is 25.3. The number of hydrogen-bond donors (Lipinski definition) is 0. The molecule has 0 saturated heterocycles. The minimum Gasteiger partial charge on any atom is -0.305 e. The summed E-state index contributed by atoms with van der Waals surface area (Å²) in [4.78, 5) is 27.5. The standard InChI is InChI=1S/C19H15N3O5S2/c1-3-10-21-16-9-6-14(22(24)25)12-17(16)28-19(21)20-18(23)11-13-4-7-15(8-5-13)29(2,26)27/h1,4-9,12H,10-11H2,2H3. The third-order valence-corrected chi connectivity index (χ3v) is 6.22. The van der Waals surface area contributed by atoms with Crippen LogP contribution in [0.15, 0.2) is 52.4 Å². The Labute approximate surface area is 170 Å². The van der Waals surface area contributed by atoms with Crippen LogP contribution in [-0.4, -0.2) is 30.1 Å². The molecular formula is C19H15N3O5S2. The monoisotopic (exact) mass is 429 g/mol. The van der Waals surface area contributed by atoms with E-state index >= 15 is 0 Å². The molecule has 8 nitrogen and oxygen atoms in total. The molecule has 0 N–H and O–H groups in total. The number of benzene rings is 2. The number of terminal acetylenes is 1. The van der Waals surface area contributed by atoms with Crippen molar-refractivity contribution in [3.63, 3.8) is 0 Å². The molecular weight excluding hydrogens is 414 g/mol. The fraction of sp³-hybridized carbons (Fsp3) is 0.158. The normalized spacial score (nSPS) is 12.1. The quantitative estimate of drug-likeness (QED) is 0.351. The smallest absolute Gasteiger partial charge is 0.270 e. The summed E-state index contributed by atoms with van der Waals surface area (Å²) in [7, 11) is -3.31. The molecule has 0 saturated carbocycles. The molecule has 0 atom stereocenters. The second-order valence-corrected chi connectivity index (χ2v) is 9.21. The first kappa shape index (κ1) is 20.4. The molecule has 3 aromatic rings. The third kappa shape index (κ3) is 4.59. The molecule has 3 rings (SSSR count). The number of non-ortho nitro benzene ring substituents is 1. The van der Waals surface area contributed by atoms with Gasteiger partial charge in [0.1, 0.15) is 0 Å². The Balaban J connectivity index is 1.96. The molecule has 0 aliphatic heterocycles. The lowest BCUT2D eigenvalue weighted by Crippen LogP contribution is -2.17. The molecule has 0 aliphatic carbocycles. The van der Waals surface area contributed by atoms with Crippen molar-refractivity contribution in [1.29, 1.82) is 0 Å². The summed E-state index contributed by atoms with van der Waals surface area (Å²) in [6, 6.07) is 10.4. The molecule has 1 aromatic heterocycles. The Morgan fingerprint density at radius 3 is 2.55 bits per heavy atom. The van der Waals surface area contributed by atoms with Crippen molar-refractivity contribution in [2.24, 2.45) is 4.99 Å². The molecule has 2 aromatic carbocycles. The highest BCUT2D eigenvalue weighted by Crippen LogP contribution is 2.23. The molecule has 0 fully saturated rings. The van der Waals surface area contributed by atoms with Crippen molar-refractivity contribution in [2.75, 3.05) is 6.26 Å². The van der Waals surface area contributed by atoms with Gasteiger partial charge in [-0.3, -0.25) is 14.9 Å². The summed E-state index contributed by atoms with van der Waals surface area (Å²) in [5.74, 6) is 2.05. The van der Waals surface area contributed by atoms with Gasteiger partial charge in [-0.25, -0.2) is 8.42 Å². The lowest BCUT2D eigenvalue weighted by atomic mass is 10.1. The molecule has 0 radical (unpaired) electrons. The van der Waals surface area contributed by atoms with Gasteiger partial charge >= 0.3 is 0 Å². The van der Waals surface area contributed by atoms with Gasteiger partial charge in [-0.15, -0.1) is 6.42 Å². The van der Waals surface area contributed by atoms with E-state index in [0.717, 1.165) is 17.6 Å². The molecule has 1 heterocycles. The number of nitro benzene ring substituents is 1. The van der Waals surface area contributed by atoms with E-state index in [1.807, 2.05) is 0 Å². The van der Waals surface area contributed by atoms with Gasteiger partial charge in [-0.1, -0.05) is 29.4 Å². The van der Waals surface area contributed by atoms with Crippen LogP contribution in [0, 0.1) is 22.5 Å². The Hall–Kier alpha value is -3.29. The Morgan fingerprint density at radius 2 is 1.97 bits per heavy atom. The highest BCUT2D eigenvalue weighted by atomic mass is 32.2. The first-order valence-corrected chi connectivity index (χ1v) is 11.0. The van der Waals surface area contributed by atoms with Gasteiger partial charge in [0, 0.05) is 18.4 Å². The van der Waals surface area contributed by atoms with Gasteiger partial charge in [0.15, 0.2) is 14.6 Å². The van der Waals surface area contributed by atoms with Crippen molar-refractivity contribution >= 4 is 43.0 Å². The van der Waals surface area contributed by atoms with Crippen LogP contribution in [0.1, 0.15) is 5.56 Å². The zero-order chi connectivity index (χ0) is 21.2.